The van der Waals surface area contributed by atoms with Crippen molar-refractivity contribution >= 4 is 29.1 Å². The van der Waals surface area contributed by atoms with Crippen molar-refractivity contribution in [1.29, 1.82) is 0 Å². The fraction of sp³-hybridized carbons (Fsp3) is 0.909. The molecule has 2 rings (SSSR count). The second kappa shape index (κ2) is 4.44. The van der Waals surface area contributed by atoms with Crippen LogP contribution in [0.5, 0.6) is 0 Å². The zero-order valence-electron chi connectivity index (χ0n) is 8.76. The molecular weight excluding hydrogens is 214 g/mol. The van der Waals surface area contributed by atoms with Crippen LogP contribution < -0.4 is 0 Å². The minimum atomic E-state index is 0.0417. The molecule has 1 heterocycles. The number of aliphatic imine (C=N–C) groups is 1. The summed E-state index contributed by atoms with van der Waals surface area (Å²) in [6.07, 6.45) is 6.08. The van der Waals surface area contributed by atoms with Crippen LogP contribution in [0, 0.1) is 0 Å². The van der Waals surface area contributed by atoms with Crippen molar-refractivity contribution in [3.05, 3.63) is 0 Å². The van der Waals surface area contributed by atoms with E-state index in [-0.39, 0.29) is 10.9 Å². The second-order valence-electron chi connectivity index (χ2n) is 4.55. The Hall–Kier alpha value is 0.310. The average Bonchev–Trinajstić information content (AvgIpc) is 2.63. The van der Waals surface area contributed by atoms with Crippen molar-refractivity contribution in [2.45, 2.75) is 49.9 Å². The van der Waals surface area contributed by atoms with Crippen LogP contribution in [0.25, 0.3) is 0 Å². The van der Waals surface area contributed by atoms with Crippen LogP contribution in [-0.2, 0) is 0 Å². The number of nitrogens with zero attached hydrogens (tertiary/aromatic N) is 1. The molecule has 2 aliphatic rings. The zero-order valence-corrected chi connectivity index (χ0v) is 10.3. The molecule has 1 aliphatic heterocycles. The maximum atomic E-state index is 6.39. The lowest BCUT2D eigenvalue weighted by Crippen LogP contribution is -2.37. The third-order valence-corrected chi connectivity index (χ3v) is 5.00. The highest BCUT2D eigenvalue weighted by Crippen LogP contribution is 2.36. The number of hydrogen-bond donors (Lipinski definition) is 0. The fourth-order valence-corrected chi connectivity index (χ4v) is 3.58. The van der Waals surface area contributed by atoms with E-state index >= 15 is 0 Å². The summed E-state index contributed by atoms with van der Waals surface area (Å²) in [5.41, 5.74) is 1.44. The molecule has 0 bridgehead atoms. The Morgan fingerprint density at radius 1 is 1.50 bits per heavy atom. The van der Waals surface area contributed by atoms with Gasteiger partial charge in [0.2, 0.25) is 0 Å². The summed E-state index contributed by atoms with van der Waals surface area (Å²) in [7, 11) is 0. The van der Waals surface area contributed by atoms with Gasteiger partial charge in [-0.2, -0.15) is 11.8 Å². The number of halogens is 1. The minimum absolute atomic E-state index is 0.0417. The lowest BCUT2D eigenvalue weighted by Gasteiger charge is -2.35. The minimum Gasteiger partial charge on any atom is -0.285 e. The quantitative estimate of drug-likeness (QED) is 0.630. The smallest absolute Gasteiger partial charge is 0.0742 e. The normalized spacial score (nSPS) is 41.9. The van der Waals surface area contributed by atoms with Gasteiger partial charge in [-0.3, -0.25) is 4.99 Å². The molecule has 14 heavy (non-hydrogen) atoms. The SMILES string of the molecule is CC1(N=C2CCSC2)CCCCC1Cl. The maximum Gasteiger partial charge on any atom is 0.0742 e. The molecule has 1 nitrogen and oxygen atoms in total. The molecule has 0 N–H and O–H groups in total. The van der Waals surface area contributed by atoms with E-state index in [0.717, 1.165) is 12.2 Å². The third kappa shape index (κ3) is 2.27. The van der Waals surface area contributed by atoms with Crippen LogP contribution in [0.1, 0.15) is 39.0 Å². The van der Waals surface area contributed by atoms with Crippen molar-refractivity contribution < 1.29 is 0 Å². The van der Waals surface area contributed by atoms with Gasteiger partial charge in [0.25, 0.3) is 0 Å². The molecule has 0 spiro atoms. The maximum absolute atomic E-state index is 6.39. The molecular formula is C11H18ClNS. The first-order valence-corrected chi connectivity index (χ1v) is 7.09. The number of thioether (sulfide) groups is 1. The first-order chi connectivity index (χ1) is 6.71. The monoisotopic (exact) mass is 231 g/mol. The fourth-order valence-electron chi connectivity index (χ4n) is 2.30. The molecule has 0 aromatic heterocycles. The molecule has 2 fully saturated rings. The second-order valence-corrected chi connectivity index (χ2v) is 6.18. The highest BCUT2D eigenvalue weighted by molar-refractivity contribution is 8.00. The van der Waals surface area contributed by atoms with E-state index < -0.39 is 0 Å². The van der Waals surface area contributed by atoms with Gasteiger partial charge in [0.05, 0.1) is 10.9 Å². The van der Waals surface area contributed by atoms with Gasteiger partial charge in [0, 0.05) is 11.5 Å². The standard InChI is InChI=1S/C11H18ClNS/c1-11(6-3-2-4-10(11)12)13-9-5-7-14-8-9/h10H,2-8H2,1H3. The van der Waals surface area contributed by atoms with Crippen molar-refractivity contribution in [2.24, 2.45) is 4.99 Å². The van der Waals surface area contributed by atoms with E-state index in [4.69, 9.17) is 16.6 Å². The molecule has 0 aromatic carbocycles. The summed E-state index contributed by atoms with van der Waals surface area (Å²) < 4.78 is 0. The van der Waals surface area contributed by atoms with Crippen LogP contribution in [0.4, 0.5) is 0 Å². The van der Waals surface area contributed by atoms with Gasteiger partial charge in [-0.1, -0.05) is 12.8 Å². The van der Waals surface area contributed by atoms with Crippen LogP contribution in [0.15, 0.2) is 4.99 Å². The largest absolute Gasteiger partial charge is 0.285 e. The summed E-state index contributed by atoms with van der Waals surface area (Å²) in [6, 6.07) is 0. The number of alkyl halides is 1. The molecule has 2 atom stereocenters. The Morgan fingerprint density at radius 3 is 3.00 bits per heavy atom. The third-order valence-electron chi connectivity index (χ3n) is 3.28. The van der Waals surface area contributed by atoms with Crippen LogP contribution in [0.3, 0.4) is 0 Å². The lowest BCUT2D eigenvalue weighted by molar-refractivity contribution is 0.332. The topological polar surface area (TPSA) is 12.4 Å². The van der Waals surface area contributed by atoms with E-state index in [9.17, 15) is 0 Å². The summed E-state index contributed by atoms with van der Waals surface area (Å²) >= 11 is 8.39. The van der Waals surface area contributed by atoms with Gasteiger partial charge in [0.15, 0.2) is 0 Å². The molecule has 1 saturated carbocycles. The van der Waals surface area contributed by atoms with Gasteiger partial charge in [-0.25, -0.2) is 0 Å². The highest BCUT2D eigenvalue weighted by atomic mass is 35.5. The summed E-state index contributed by atoms with van der Waals surface area (Å²) in [5, 5.41) is 0.259. The first kappa shape index (κ1) is 10.8. The molecule has 1 saturated heterocycles. The number of hydrogen-bond acceptors (Lipinski definition) is 2. The van der Waals surface area contributed by atoms with Crippen LogP contribution >= 0.6 is 23.4 Å². The van der Waals surface area contributed by atoms with E-state index in [0.29, 0.717) is 0 Å². The predicted octanol–water partition coefficient (Wildman–Crippen LogP) is 3.50. The Kier molecular flexibility index (Phi) is 3.43. The molecule has 80 valence electrons. The first-order valence-electron chi connectivity index (χ1n) is 5.50. The molecule has 3 heteroatoms. The lowest BCUT2D eigenvalue weighted by atomic mass is 9.83. The Morgan fingerprint density at radius 2 is 2.36 bits per heavy atom. The number of rotatable bonds is 1. The summed E-state index contributed by atoms with van der Waals surface area (Å²) in [4.78, 5) is 4.91. The molecule has 2 unspecified atom stereocenters. The molecule has 1 aliphatic carbocycles. The van der Waals surface area contributed by atoms with E-state index in [1.807, 2.05) is 11.8 Å². The van der Waals surface area contributed by atoms with Gasteiger partial charge < -0.3 is 0 Å². The van der Waals surface area contributed by atoms with Crippen molar-refractivity contribution in [1.82, 2.24) is 0 Å². The van der Waals surface area contributed by atoms with Crippen LogP contribution in [-0.4, -0.2) is 28.1 Å². The molecule has 0 aromatic rings. The van der Waals surface area contributed by atoms with Crippen LogP contribution in [0.2, 0.25) is 0 Å². The van der Waals surface area contributed by atoms with Crippen molar-refractivity contribution in [3.63, 3.8) is 0 Å². The Labute approximate surface area is 95.7 Å². The Bertz CT molecular complexity index is 233. The Balaban J connectivity index is 2.09. The average molecular weight is 232 g/mol. The van der Waals surface area contributed by atoms with Gasteiger partial charge in [0.1, 0.15) is 0 Å². The molecule has 0 radical (unpaired) electrons. The van der Waals surface area contributed by atoms with Crippen molar-refractivity contribution in [2.75, 3.05) is 11.5 Å². The zero-order chi connectivity index (χ0) is 10.0. The summed E-state index contributed by atoms with van der Waals surface area (Å²) in [6.45, 7) is 2.24. The van der Waals surface area contributed by atoms with Gasteiger partial charge in [-0.15, -0.1) is 11.6 Å². The van der Waals surface area contributed by atoms with E-state index in [1.54, 1.807) is 0 Å². The van der Waals surface area contributed by atoms with Gasteiger partial charge in [-0.05, 0) is 31.9 Å². The van der Waals surface area contributed by atoms with Crippen molar-refractivity contribution in [3.8, 4) is 0 Å². The predicted molar refractivity (Wildman–Crippen MR) is 65.9 cm³/mol. The van der Waals surface area contributed by atoms with Gasteiger partial charge >= 0.3 is 0 Å². The van der Waals surface area contributed by atoms with E-state index in [1.165, 1.54) is 37.1 Å². The molecule has 0 amide bonds. The highest BCUT2D eigenvalue weighted by Gasteiger charge is 2.35. The summed E-state index contributed by atoms with van der Waals surface area (Å²) in [5.74, 6) is 2.39. The van der Waals surface area contributed by atoms with E-state index in [2.05, 4.69) is 6.92 Å².